The average molecular weight is 806 g/mol. The fraction of sp³-hybridized carbons (Fsp3) is 0.0172. The van der Waals surface area contributed by atoms with E-state index in [1.807, 2.05) is 29.5 Å². The molecule has 0 radical (unpaired) electrons. The number of nitrogens with zero attached hydrogens (tertiary/aromatic N) is 3. The van der Waals surface area contributed by atoms with Crippen LogP contribution in [-0.4, -0.2) is 15.0 Å². The van der Waals surface area contributed by atoms with E-state index in [-0.39, 0.29) is 0 Å². The molecular formula is C58H35N3S. The lowest BCUT2D eigenvalue weighted by molar-refractivity contribution is 0.796. The molecule has 0 N–H and O–H groups in total. The van der Waals surface area contributed by atoms with Gasteiger partial charge in [-0.2, -0.15) is 0 Å². The van der Waals surface area contributed by atoms with Crippen molar-refractivity contribution in [1.29, 1.82) is 0 Å². The molecule has 0 atom stereocenters. The van der Waals surface area contributed by atoms with Crippen molar-refractivity contribution in [2.24, 2.45) is 0 Å². The lowest BCUT2D eigenvalue weighted by Gasteiger charge is -2.32. The molecule has 3 nitrogen and oxygen atoms in total. The van der Waals surface area contributed by atoms with Crippen LogP contribution in [0.4, 0.5) is 0 Å². The second-order valence-corrected chi connectivity index (χ2v) is 17.3. The van der Waals surface area contributed by atoms with Crippen molar-refractivity contribution < 1.29 is 0 Å². The summed E-state index contributed by atoms with van der Waals surface area (Å²) < 4.78 is 2.59. The maximum absolute atomic E-state index is 5.34. The normalized spacial score (nSPS) is 13.0. The molecule has 62 heavy (non-hydrogen) atoms. The number of hydrogen-bond donors (Lipinski definition) is 0. The minimum Gasteiger partial charge on any atom is -0.208 e. The van der Waals surface area contributed by atoms with E-state index in [4.69, 9.17) is 15.0 Å². The van der Waals surface area contributed by atoms with Gasteiger partial charge in [0.15, 0.2) is 17.5 Å². The Morgan fingerprint density at radius 1 is 0.290 bits per heavy atom. The summed E-state index contributed by atoms with van der Waals surface area (Å²) in [6.45, 7) is 0. The van der Waals surface area contributed by atoms with Gasteiger partial charge in [-0.1, -0.05) is 200 Å². The Kier molecular flexibility index (Phi) is 7.69. The van der Waals surface area contributed by atoms with E-state index < -0.39 is 5.41 Å². The number of thiophene rings is 1. The van der Waals surface area contributed by atoms with Crippen LogP contribution in [0.3, 0.4) is 0 Å². The second kappa shape index (κ2) is 13.6. The summed E-state index contributed by atoms with van der Waals surface area (Å²) in [4.78, 5) is 15.8. The SMILES string of the molecule is c1ccc(-c2nc(-c3ccc(-c4cccc5sc6ccccc6c45)cc3)nc(-c3ccccc3-c3cccc4c3C3(c5ccccc5-c5ccccc53)c3ccccc3-4)n2)cc1. The first-order chi connectivity index (χ1) is 30.8. The van der Waals surface area contributed by atoms with Gasteiger partial charge in [0, 0.05) is 36.9 Å². The summed E-state index contributed by atoms with van der Waals surface area (Å²) in [5.74, 6) is 1.91. The molecule has 0 bridgehead atoms. The van der Waals surface area contributed by atoms with E-state index in [1.54, 1.807) is 0 Å². The molecular weight excluding hydrogens is 771 g/mol. The molecule has 0 fully saturated rings. The van der Waals surface area contributed by atoms with Crippen molar-refractivity contribution in [3.05, 3.63) is 235 Å². The van der Waals surface area contributed by atoms with Crippen LogP contribution in [-0.2, 0) is 5.41 Å². The van der Waals surface area contributed by atoms with Gasteiger partial charge in [-0.05, 0) is 78.9 Å². The van der Waals surface area contributed by atoms with Gasteiger partial charge in [0.05, 0.1) is 5.41 Å². The largest absolute Gasteiger partial charge is 0.208 e. The van der Waals surface area contributed by atoms with Crippen LogP contribution in [0.15, 0.2) is 212 Å². The zero-order chi connectivity index (χ0) is 40.8. The molecule has 0 amide bonds. The van der Waals surface area contributed by atoms with E-state index in [9.17, 15) is 0 Å². The number of fused-ring (bicyclic) bond motifs is 13. The fourth-order valence-corrected chi connectivity index (χ4v) is 11.6. The van der Waals surface area contributed by atoms with Crippen molar-refractivity contribution in [1.82, 2.24) is 15.0 Å². The first kappa shape index (κ1) is 35.0. The molecule has 2 aliphatic carbocycles. The molecule has 9 aromatic carbocycles. The standard InChI is InChI=1S/C58H35N3S/c1-2-16-37(17-3-1)55-59-56(38-34-32-36(33-35-38)39-24-15-31-52-53(39)47-23-9-13-30-51(47)62-52)61-57(60-55)46-22-5-4-18-40(46)44-25-14-26-45-43-21-8-12-29-50(43)58(54(44)45)48-27-10-6-19-41(48)42-20-7-11-28-49(42)58/h1-35H. The van der Waals surface area contributed by atoms with Crippen molar-refractivity contribution in [3.8, 4) is 78.7 Å². The van der Waals surface area contributed by atoms with E-state index in [1.165, 1.54) is 75.8 Å². The first-order valence-corrected chi connectivity index (χ1v) is 21.9. The van der Waals surface area contributed by atoms with Crippen LogP contribution < -0.4 is 0 Å². The first-order valence-electron chi connectivity index (χ1n) is 21.1. The molecule has 11 aromatic rings. The van der Waals surface area contributed by atoms with Gasteiger partial charge >= 0.3 is 0 Å². The van der Waals surface area contributed by atoms with Crippen molar-refractivity contribution in [2.75, 3.05) is 0 Å². The summed E-state index contributed by atoms with van der Waals surface area (Å²) in [6, 6.07) is 76.7. The molecule has 0 unspecified atom stereocenters. The Morgan fingerprint density at radius 3 is 1.40 bits per heavy atom. The van der Waals surface area contributed by atoms with Gasteiger partial charge in [0.1, 0.15) is 0 Å². The van der Waals surface area contributed by atoms with E-state index in [0.717, 1.165) is 27.8 Å². The van der Waals surface area contributed by atoms with Gasteiger partial charge in [-0.15, -0.1) is 11.3 Å². The Labute approximate surface area is 363 Å². The van der Waals surface area contributed by atoms with Crippen molar-refractivity contribution in [2.45, 2.75) is 5.41 Å². The van der Waals surface area contributed by atoms with Gasteiger partial charge in [-0.25, -0.2) is 15.0 Å². The van der Waals surface area contributed by atoms with E-state index in [0.29, 0.717) is 17.5 Å². The van der Waals surface area contributed by atoms with Crippen LogP contribution in [0.25, 0.3) is 98.8 Å². The molecule has 0 saturated carbocycles. The molecule has 2 heterocycles. The highest BCUT2D eigenvalue weighted by molar-refractivity contribution is 7.25. The topological polar surface area (TPSA) is 38.7 Å². The van der Waals surface area contributed by atoms with E-state index >= 15 is 0 Å². The highest BCUT2D eigenvalue weighted by Gasteiger charge is 2.52. The van der Waals surface area contributed by atoms with Gasteiger partial charge in [0.25, 0.3) is 0 Å². The van der Waals surface area contributed by atoms with E-state index in [2.05, 4.69) is 194 Å². The Hall–Kier alpha value is -7.79. The summed E-state index contributed by atoms with van der Waals surface area (Å²) >= 11 is 1.84. The summed E-state index contributed by atoms with van der Waals surface area (Å²) in [7, 11) is 0. The predicted octanol–water partition coefficient (Wildman–Crippen LogP) is 14.9. The Balaban J connectivity index is 1.00. The third kappa shape index (κ3) is 5.02. The van der Waals surface area contributed by atoms with Gasteiger partial charge in [-0.3, -0.25) is 0 Å². The maximum atomic E-state index is 5.34. The highest BCUT2D eigenvalue weighted by atomic mass is 32.1. The van der Waals surface area contributed by atoms with Crippen LogP contribution >= 0.6 is 11.3 Å². The zero-order valence-corrected chi connectivity index (χ0v) is 34.3. The Morgan fingerprint density at radius 2 is 0.726 bits per heavy atom. The number of benzene rings is 9. The van der Waals surface area contributed by atoms with Gasteiger partial charge < -0.3 is 0 Å². The zero-order valence-electron chi connectivity index (χ0n) is 33.5. The molecule has 288 valence electrons. The number of rotatable bonds is 5. The molecule has 0 saturated heterocycles. The van der Waals surface area contributed by atoms with Crippen LogP contribution in [0, 0.1) is 0 Å². The third-order valence-corrected chi connectivity index (χ3v) is 14.1. The monoisotopic (exact) mass is 805 g/mol. The van der Waals surface area contributed by atoms with Crippen LogP contribution in [0.1, 0.15) is 22.3 Å². The predicted molar refractivity (Wildman–Crippen MR) is 256 cm³/mol. The summed E-state index contributed by atoms with van der Waals surface area (Å²) in [6.07, 6.45) is 0. The van der Waals surface area contributed by atoms with Crippen LogP contribution in [0.5, 0.6) is 0 Å². The molecule has 2 aromatic heterocycles. The molecule has 0 aliphatic heterocycles. The number of hydrogen-bond acceptors (Lipinski definition) is 4. The Bertz CT molecular complexity index is 3520. The van der Waals surface area contributed by atoms with Crippen molar-refractivity contribution in [3.63, 3.8) is 0 Å². The lowest BCUT2D eigenvalue weighted by atomic mass is 9.68. The van der Waals surface area contributed by atoms with Crippen LogP contribution in [0.2, 0.25) is 0 Å². The lowest BCUT2D eigenvalue weighted by Crippen LogP contribution is -2.26. The van der Waals surface area contributed by atoms with Crippen molar-refractivity contribution >= 4 is 31.5 Å². The minimum absolute atomic E-state index is 0.496. The smallest absolute Gasteiger partial charge is 0.164 e. The molecule has 13 rings (SSSR count). The highest BCUT2D eigenvalue weighted by Crippen LogP contribution is 2.64. The quantitative estimate of drug-likeness (QED) is 0.174. The third-order valence-electron chi connectivity index (χ3n) is 13.0. The fourth-order valence-electron chi connectivity index (χ4n) is 10.4. The van der Waals surface area contributed by atoms with Gasteiger partial charge in [0.2, 0.25) is 0 Å². The molecule has 2 aliphatic rings. The maximum Gasteiger partial charge on any atom is 0.164 e. The molecule has 4 heteroatoms. The summed E-state index contributed by atoms with van der Waals surface area (Å²) in [5, 5.41) is 2.59. The molecule has 1 spiro atoms. The number of aromatic nitrogens is 3. The second-order valence-electron chi connectivity index (χ2n) is 16.2. The minimum atomic E-state index is -0.496. The average Bonchev–Trinajstić information content (AvgIpc) is 3.99. The summed E-state index contributed by atoms with van der Waals surface area (Å²) in [5.41, 5.74) is 17.3.